The highest BCUT2D eigenvalue weighted by Crippen LogP contribution is 2.37. The predicted octanol–water partition coefficient (Wildman–Crippen LogP) is 6.44. The molecule has 0 radical (unpaired) electrons. The van der Waals surface area contributed by atoms with Crippen molar-refractivity contribution in [1.82, 2.24) is 35.2 Å². The monoisotopic (exact) mass is 591 g/mol. The summed E-state index contributed by atoms with van der Waals surface area (Å²) < 4.78 is 5.27. The van der Waals surface area contributed by atoms with Gasteiger partial charge in [-0.1, -0.05) is 30.7 Å². The Balaban J connectivity index is 1.000. The van der Waals surface area contributed by atoms with Gasteiger partial charge in [-0.3, -0.25) is 0 Å². The number of aromatic nitrogens is 6. The summed E-state index contributed by atoms with van der Waals surface area (Å²) in [6, 6.07) is 12.7. The maximum atomic E-state index is 11.8. The molecule has 1 saturated carbocycles. The lowest BCUT2D eigenvalue weighted by atomic mass is 9.83. The van der Waals surface area contributed by atoms with E-state index >= 15 is 0 Å². The van der Waals surface area contributed by atoms with Gasteiger partial charge in [-0.05, 0) is 75.3 Å². The Hall–Kier alpha value is -4.80. The fourth-order valence-corrected chi connectivity index (χ4v) is 5.66. The number of aryl methyl sites for hydroxylation is 1. The van der Waals surface area contributed by atoms with Gasteiger partial charge in [0.1, 0.15) is 17.6 Å². The van der Waals surface area contributed by atoms with E-state index in [4.69, 9.17) is 14.7 Å². The average Bonchev–Trinajstić information content (AvgIpc) is 3.57. The zero-order valence-electron chi connectivity index (χ0n) is 25.3. The summed E-state index contributed by atoms with van der Waals surface area (Å²) in [6.07, 6.45) is 9.67. The minimum absolute atomic E-state index is 0.236. The second-order valence-corrected chi connectivity index (χ2v) is 12.7. The van der Waals surface area contributed by atoms with Crippen LogP contribution in [0.2, 0.25) is 0 Å². The van der Waals surface area contributed by atoms with Gasteiger partial charge in [0, 0.05) is 24.1 Å². The molecule has 1 atom stereocenters. The number of rotatable bonds is 8. The smallest absolute Gasteiger partial charge is 0.407 e. The topological polar surface area (TPSA) is 143 Å². The molecule has 1 unspecified atom stereocenters. The Bertz CT molecular complexity index is 1840. The molecule has 3 aromatic heterocycles. The fraction of sp³-hybridized carbons (Fsp3) is 0.394. The van der Waals surface area contributed by atoms with Crippen molar-refractivity contribution in [3.63, 3.8) is 0 Å². The molecule has 44 heavy (non-hydrogen) atoms. The Kier molecular flexibility index (Phi) is 7.23. The molecule has 0 bridgehead atoms. The molecule has 1 aliphatic carbocycles. The molecule has 4 heterocycles. The Morgan fingerprint density at radius 2 is 1.61 bits per heavy atom. The number of nitrogens with one attached hydrogen (secondary N) is 4. The Morgan fingerprint density at radius 1 is 0.909 bits per heavy atom. The van der Waals surface area contributed by atoms with Gasteiger partial charge in [0.25, 0.3) is 0 Å². The van der Waals surface area contributed by atoms with E-state index in [-0.39, 0.29) is 6.17 Å². The van der Waals surface area contributed by atoms with Gasteiger partial charge in [0.2, 0.25) is 0 Å². The number of unbranched alkanes of at least 4 members (excludes halogenated alkanes) is 1. The minimum atomic E-state index is -0.499. The summed E-state index contributed by atoms with van der Waals surface area (Å²) in [5.74, 6) is 3.16. The maximum absolute atomic E-state index is 11.8. The van der Waals surface area contributed by atoms with Gasteiger partial charge in [0.05, 0.1) is 23.8 Å². The average molecular weight is 592 g/mol. The summed E-state index contributed by atoms with van der Waals surface area (Å²) in [4.78, 5) is 38.6. The first-order valence-corrected chi connectivity index (χ1v) is 15.4. The van der Waals surface area contributed by atoms with Gasteiger partial charge in [-0.25, -0.2) is 29.7 Å². The van der Waals surface area contributed by atoms with Crippen LogP contribution in [0.4, 0.5) is 16.4 Å². The largest absolute Gasteiger partial charge is 0.444 e. The van der Waals surface area contributed by atoms with Gasteiger partial charge in [-0.15, -0.1) is 0 Å². The lowest BCUT2D eigenvalue weighted by molar-refractivity contribution is 0.0527. The number of imidazole rings is 1. The number of carbonyl (C=O) groups excluding carboxylic acids is 1. The molecular formula is C33H37N9O2. The van der Waals surface area contributed by atoms with Crippen LogP contribution in [-0.4, -0.2) is 54.3 Å². The van der Waals surface area contributed by atoms with Gasteiger partial charge >= 0.3 is 6.09 Å². The number of carbonyl (C=O) groups is 1. The molecule has 11 nitrogen and oxygen atoms in total. The van der Waals surface area contributed by atoms with Crippen molar-refractivity contribution in [2.75, 3.05) is 17.2 Å². The van der Waals surface area contributed by atoms with Crippen LogP contribution in [0.5, 0.6) is 0 Å². The molecule has 0 spiro atoms. The molecule has 226 valence electrons. The van der Waals surface area contributed by atoms with Crippen LogP contribution in [-0.2, 0) is 11.2 Å². The van der Waals surface area contributed by atoms with Crippen molar-refractivity contribution in [3.8, 4) is 22.5 Å². The minimum Gasteiger partial charge on any atom is -0.444 e. The second kappa shape index (κ2) is 11.4. The molecular weight excluding hydrogens is 554 g/mol. The maximum Gasteiger partial charge on any atom is 0.407 e. The number of ether oxygens (including phenoxy) is 1. The fourth-order valence-electron chi connectivity index (χ4n) is 5.66. The van der Waals surface area contributed by atoms with Crippen LogP contribution in [0.3, 0.4) is 0 Å². The van der Waals surface area contributed by atoms with Crippen molar-refractivity contribution >= 4 is 39.8 Å². The normalized spacial score (nSPS) is 16.3. The third-order valence-electron chi connectivity index (χ3n) is 8.18. The van der Waals surface area contributed by atoms with Crippen molar-refractivity contribution < 1.29 is 9.53 Å². The van der Waals surface area contributed by atoms with Crippen molar-refractivity contribution in [3.05, 3.63) is 54.6 Å². The number of anilines is 2. The second-order valence-electron chi connectivity index (χ2n) is 12.7. The highest BCUT2D eigenvalue weighted by atomic mass is 16.6. The third-order valence-corrected chi connectivity index (χ3v) is 8.18. The summed E-state index contributed by atoms with van der Waals surface area (Å²) in [6.45, 7) is 6.10. The van der Waals surface area contributed by atoms with E-state index in [1.807, 2.05) is 27.0 Å². The van der Waals surface area contributed by atoms with E-state index in [2.05, 4.69) is 72.3 Å². The summed E-state index contributed by atoms with van der Waals surface area (Å²) in [7, 11) is 0. The molecule has 1 aliphatic heterocycles. The van der Waals surface area contributed by atoms with E-state index in [0.29, 0.717) is 23.8 Å². The zero-order chi connectivity index (χ0) is 30.3. The van der Waals surface area contributed by atoms with E-state index < -0.39 is 11.7 Å². The highest BCUT2D eigenvalue weighted by molar-refractivity contribution is 5.90. The molecule has 2 aromatic carbocycles. The quantitative estimate of drug-likeness (QED) is 0.150. The molecule has 1 amide bonds. The number of alkyl carbamates (subject to hydrolysis) is 1. The van der Waals surface area contributed by atoms with Gasteiger partial charge in [-0.2, -0.15) is 0 Å². The van der Waals surface area contributed by atoms with Crippen LogP contribution in [0, 0.1) is 5.92 Å². The van der Waals surface area contributed by atoms with Crippen molar-refractivity contribution in [1.29, 1.82) is 0 Å². The van der Waals surface area contributed by atoms with Crippen LogP contribution in [0.25, 0.3) is 44.6 Å². The summed E-state index contributed by atoms with van der Waals surface area (Å²) in [5, 5.41) is 12.0. The standard InChI is InChI=1S/C33H37N9O2/c1-33(2,3)44-32(43)34-14-5-4-9-26-39-28-30(40-26)37-24(17-35-28)22-12-10-21-16-23(13-11-20(21)15-22)25-18-36-29-31(38-25)42-27(41-29)19-7-6-8-19/h10-13,15-19,27H,4-9,14H2,1-3H3,(H,34,43)(H,36,41)(H,38,42)(H,35,37,39,40). The molecule has 2 aliphatic rings. The van der Waals surface area contributed by atoms with Crippen LogP contribution >= 0.6 is 0 Å². The molecule has 7 rings (SSSR count). The number of nitrogens with zero attached hydrogens (tertiary/aromatic N) is 5. The van der Waals surface area contributed by atoms with E-state index in [1.54, 1.807) is 6.20 Å². The van der Waals surface area contributed by atoms with Crippen LogP contribution in [0.15, 0.2) is 48.8 Å². The van der Waals surface area contributed by atoms with E-state index in [9.17, 15) is 4.79 Å². The first-order valence-electron chi connectivity index (χ1n) is 15.4. The number of benzene rings is 2. The zero-order valence-corrected chi connectivity index (χ0v) is 25.3. The first-order chi connectivity index (χ1) is 21.3. The Morgan fingerprint density at radius 3 is 2.32 bits per heavy atom. The third kappa shape index (κ3) is 5.99. The van der Waals surface area contributed by atoms with E-state index in [0.717, 1.165) is 70.0 Å². The number of hydrogen-bond acceptors (Lipinski definition) is 9. The van der Waals surface area contributed by atoms with Crippen LogP contribution < -0.4 is 16.0 Å². The van der Waals surface area contributed by atoms with Crippen molar-refractivity contribution in [2.45, 2.75) is 71.1 Å². The molecule has 0 saturated heterocycles. The molecule has 4 N–H and O–H groups in total. The first kappa shape index (κ1) is 28.0. The van der Waals surface area contributed by atoms with Crippen molar-refractivity contribution in [2.24, 2.45) is 5.92 Å². The molecule has 5 aromatic rings. The lowest BCUT2D eigenvalue weighted by Crippen LogP contribution is -2.36. The van der Waals surface area contributed by atoms with Gasteiger partial charge < -0.3 is 25.7 Å². The molecule has 1 fully saturated rings. The highest BCUT2D eigenvalue weighted by Gasteiger charge is 2.33. The number of hydrogen-bond donors (Lipinski definition) is 4. The number of aromatic amines is 1. The molecule has 11 heteroatoms. The number of fused-ring (bicyclic) bond motifs is 3. The summed E-state index contributed by atoms with van der Waals surface area (Å²) >= 11 is 0. The van der Waals surface area contributed by atoms with Gasteiger partial charge in [0.15, 0.2) is 22.9 Å². The van der Waals surface area contributed by atoms with E-state index in [1.165, 1.54) is 19.3 Å². The number of H-pyrrole nitrogens is 1. The summed E-state index contributed by atoms with van der Waals surface area (Å²) in [5.41, 5.74) is 4.41. The lowest BCUT2D eigenvalue weighted by Gasteiger charge is -2.31. The predicted molar refractivity (Wildman–Crippen MR) is 171 cm³/mol. The Labute approximate surface area is 255 Å². The number of amides is 1. The van der Waals surface area contributed by atoms with Crippen LogP contribution in [0.1, 0.15) is 58.7 Å². The SMILES string of the molecule is CC(C)(C)OC(=O)NCCCCc1nc2ncc(-c3ccc4cc(-c5cnc6c(n5)NC(C5CCC5)N6)ccc4c3)nc2[nH]1.